The second-order valence-electron chi connectivity index (χ2n) is 6.17. The average Bonchev–Trinajstić information content (AvgIpc) is 2.73. The molecule has 2 heterocycles. The van der Waals surface area contributed by atoms with Crippen molar-refractivity contribution < 1.29 is 14.4 Å². The Morgan fingerprint density at radius 3 is 2.05 bits per heavy atom. The molecule has 2 aliphatic rings. The molecule has 2 atom stereocenters. The Hall–Kier alpha value is -2.17. The zero-order valence-electron chi connectivity index (χ0n) is 12.9. The first kappa shape index (κ1) is 14.8. The molecule has 1 fully saturated rings. The molecule has 1 saturated heterocycles. The van der Waals surface area contributed by atoms with Gasteiger partial charge in [-0.15, -0.1) is 0 Å². The molecule has 1 aromatic carbocycles. The molecule has 0 aromatic heterocycles. The first-order valence-corrected chi connectivity index (χ1v) is 7.77. The zero-order valence-corrected chi connectivity index (χ0v) is 12.9. The molecule has 5 nitrogen and oxygen atoms in total. The lowest BCUT2D eigenvalue weighted by atomic mass is 9.97. The minimum absolute atomic E-state index is 0.144. The second kappa shape index (κ2) is 5.55. The Balaban J connectivity index is 1.78. The number of amides is 3. The number of hydrogen-bond donors (Lipinski definition) is 0. The quantitative estimate of drug-likeness (QED) is 0.786. The third kappa shape index (κ3) is 2.30. The molecule has 0 unspecified atom stereocenters. The summed E-state index contributed by atoms with van der Waals surface area (Å²) in [5.74, 6) is -0.883. The van der Waals surface area contributed by atoms with E-state index in [-0.39, 0.29) is 36.3 Å². The Kier molecular flexibility index (Phi) is 3.72. The molecular formula is C17H20N2O3. The summed E-state index contributed by atoms with van der Waals surface area (Å²) < 4.78 is 0. The summed E-state index contributed by atoms with van der Waals surface area (Å²) in [6, 6.07) is 7.03. The van der Waals surface area contributed by atoms with Crippen molar-refractivity contribution in [3.05, 3.63) is 35.4 Å². The van der Waals surface area contributed by atoms with Gasteiger partial charge in [-0.25, -0.2) is 0 Å². The highest BCUT2D eigenvalue weighted by atomic mass is 16.2. The van der Waals surface area contributed by atoms with E-state index >= 15 is 0 Å². The van der Waals surface area contributed by atoms with Crippen LogP contribution in [0, 0.1) is 0 Å². The van der Waals surface area contributed by atoms with Gasteiger partial charge in [-0.05, 0) is 45.2 Å². The Morgan fingerprint density at radius 1 is 1.05 bits per heavy atom. The van der Waals surface area contributed by atoms with Crippen molar-refractivity contribution in [2.24, 2.45) is 0 Å². The number of likely N-dealkylation sites (tertiary alicyclic amines) is 1. The van der Waals surface area contributed by atoms with Crippen molar-refractivity contribution in [2.45, 2.75) is 45.2 Å². The largest absolute Gasteiger partial charge is 0.336 e. The van der Waals surface area contributed by atoms with Crippen LogP contribution in [-0.4, -0.2) is 46.1 Å². The van der Waals surface area contributed by atoms with Gasteiger partial charge in [-0.3, -0.25) is 19.3 Å². The van der Waals surface area contributed by atoms with Crippen molar-refractivity contribution in [1.82, 2.24) is 9.80 Å². The van der Waals surface area contributed by atoms with E-state index < -0.39 is 0 Å². The molecule has 0 spiro atoms. The molecule has 3 amide bonds. The molecule has 2 aliphatic heterocycles. The van der Waals surface area contributed by atoms with E-state index in [0.29, 0.717) is 11.1 Å². The summed E-state index contributed by atoms with van der Waals surface area (Å²) in [6.45, 7) is 3.88. The molecule has 0 saturated carbocycles. The third-order valence-corrected chi connectivity index (χ3v) is 4.65. The van der Waals surface area contributed by atoms with Crippen molar-refractivity contribution in [1.29, 1.82) is 0 Å². The monoisotopic (exact) mass is 300 g/mol. The lowest BCUT2D eigenvalue weighted by Gasteiger charge is -2.39. The Labute approximate surface area is 129 Å². The average molecular weight is 300 g/mol. The highest BCUT2D eigenvalue weighted by Gasteiger charge is 2.38. The maximum absolute atomic E-state index is 12.6. The number of carbonyl (C=O) groups is 3. The van der Waals surface area contributed by atoms with Gasteiger partial charge in [0.1, 0.15) is 6.54 Å². The van der Waals surface area contributed by atoms with Gasteiger partial charge in [0, 0.05) is 12.1 Å². The van der Waals surface area contributed by atoms with Gasteiger partial charge in [0.25, 0.3) is 11.8 Å². The molecule has 5 heteroatoms. The predicted octanol–water partition coefficient (Wildman–Crippen LogP) is 2.07. The van der Waals surface area contributed by atoms with Crippen LogP contribution in [0.25, 0.3) is 0 Å². The van der Waals surface area contributed by atoms with Gasteiger partial charge in [0.05, 0.1) is 11.1 Å². The summed E-state index contributed by atoms with van der Waals surface area (Å²) in [7, 11) is 0. The minimum Gasteiger partial charge on any atom is -0.336 e. The fourth-order valence-corrected chi connectivity index (χ4v) is 3.51. The molecule has 0 radical (unpaired) electrons. The molecule has 22 heavy (non-hydrogen) atoms. The fourth-order valence-electron chi connectivity index (χ4n) is 3.51. The second-order valence-corrected chi connectivity index (χ2v) is 6.17. The van der Waals surface area contributed by atoms with Crippen LogP contribution in [0.15, 0.2) is 24.3 Å². The summed E-state index contributed by atoms with van der Waals surface area (Å²) in [5.41, 5.74) is 0.778. The number of fused-ring (bicyclic) bond motifs is 1. The molecule has 116 valence electrons. The highest BCUT2D eigenvalue weighted by molar-refractivity contribution is 6.22. The number of rotatable bonds is 2. The number of piperidine rings is 1. The van der Waals surface area contributed by atoms with E-state index in [1.165, 1.54) is 0 Å². The van der Waals surface area contributed by atoms with Crippen LogP contribution in [0.2, 0.25) is 0 Å². The van der Waals surface area contributed by atoms with Gasteiger partial charge >= 0.3 is 0 Å². The predicted molar refractivity (Wildman–Crippen MR) is 81.4 cm³/mol. The fraction of sp³-hybridized carbons (Fsp3) is 0.471. The molecular weight excluding hydrogens is 280 g/mol. The topological polar surface area (TPSA) is 57.7 Å². The van der Waals surface area contributed by atoms with Crippen molar-refractivity contribution in [3.63, 3.8) is 0 Å². The van der Waals surface area contributed by atoms with Gasteiger partial charge in [0.15, 0.2) is 0 Å². The zero-order chi connectivity index (χ0) is 15.9. The Morgan fingerprint density at radius 2 is 1.55 bits per heavy atom. The number of hydrogen-bond acceptors (Lipinski definition) is 3. The van der Waals surface area contributed by atoms with Crippen molar-refractivity contribution >= 4 is 17.7 Å². The molecule has 0 bridgehead atoms. The highest BCUT2D eigenvalue weighted by Crippen LogP contribution is 2.25. The van der Waals surface area contributed by atoms with Crippen LogP contribution < -0.4 is 0 Å². The molecule has 0 N–H and O–H groups in total. The van der Waals surface area contributed by atoms with Gasteiger partial charge in [0.2, 0.25) is 5.91 Å². The smallest absolute Gasteiger partial charge is 0.262 e. The normalized spacial score (nSPS) is 24.6. The third-order valence-electron chi connectivity index (χ3n) is 4.65. The van der Waals surface area contributed by atoms with E-state index in [2.05, 4.69) is 0 Å². The Bertz CT molecular complexity index is 596. The number of carbonyl (C=O) groups excluding carboxylic acids is 3. The van der Waals surface area contributed by atoms with Gasteiger partial charge in [-0.1, -0.05) is 12.1 Å². The van der Waals surface area contributed by atoms with Crippen LogP contribution in [0.1, 0.15) is 53.8 Å². The molecule has 1 aromatic rings. The van der Waals surface area contributed by atoms with Crippen LogP contribution >= 0.6 is 0 Å². The lowest BCUT2D eigenvalue weighted by molar-refractivity contribution is -0.137. The van der Waals surface area contributed by atoms with Crippen LogP contribution in [-0.2, 0) is 4.79 Å². The summed E-state index contributed by atoms with van der Waals surface area (Å²) in [6.07, 6.45) is 3.05. The minimum atomic E-state index is -0.369. The van der Waals surface area contributed by atoms with Crippen molar-refractivity contribution in [3.8, 4) is 0 Å². The van der Waals surface area contributed by atoms with Crippen LogP contribution in [0.5, 0.6) is 0 Å². The first-order valence-electron chi connectivity index (χ1n) is 7.77. The van der Waals surface area contributed by atoms with E-state index in [1.807, 2.05) is 18.7 Å². The molecule has 0 aliphatic carbocycles. The first-order chi connectivity index (χ1) is 10.5. The van der Waals surface area contributed by atoms with Gasteiger partial charge < -0.3 is 4.90 Å². The molecule has 3 rings (SSSR count). The standard InChI is InChI=1S/C17H20N2O3/c1-11-6-5-7-12(2)19(11)15(20)10-18-16(21)13-8-3-4-9-14(13)17(18)22/h3-4,8-9,11-12H,5-7,10H2,1-2H3/t11-,12+. The SMILES string of the molecule is C[C@@H]1CCC[C@H](C)N1C(=O)CN1C(=O)c2ccccc2C1=O. The van der Waals surface area contributed by atoms with Crippen molar-refractivity contribution in [2.75, 3.05) is 6.54 Å². The summed E-state index contributed by atoms with van der Waals surface area (Å²) >= 11 is 0. The summed E-state index contributed by atoms with van der Waals surface area (Å²) in [5, 5.41) is 0. The number of benzene rings is 1. The van der Waals surface area contributed by atoms with Crippen LogP contribution in [0.4, 0.5) is 0 Å². The maximum Gasteiger partial charge on any atom is 0.262 e. The van der Waals surface area contributed by atoms with E-state index in [0.717, 1.165) is 24.2 Å². The lowest BCUT2D eigenvalue weighted by Crippen LogP contribution is -2.51. The maximum atomic E-state index is 12.6. The van der Waals surface area contributed by atoms with Crippen LogP contribution in [0.3, 0.4) is 0 Å². The van der Waals surface area contributed by atoms with Gasteiger partial charge in [-0.2, -0.15) is 0 Å². The number of imide groups is 1. The van der Waals surface area contributed by atoms with E-state index in [4.69, 9.17) is 0 Å². The van der Waals surface area contributed by atoms with E-state index in [9.17, 15) is 14.4 Å². The number of nitrogens with zero attached hydrogens (tertiary/aromatic N) is 2. The van der Waals surface area contributed by atoms with E-state index in [1.54, 1.807) is 24.3 Å². The summed E-state index contributed by atoms with van der Waals surface area (Å²) in [4.78, 5) is 40.1.